The second-order valence-corrected chi connectivity index (χ2v) is 7.06. The zero-order valence-corrected chi connectivity index (χ0v) is 14.2. The number of nitrogens with one attached hydrogen (secondary N) is 2. The average molecular weight is 344 g/mol. The summed E-state index contributed by atoms with van der Waals surface area (Å²) in [6.45, 7) is 0.620. The van der Waals surface area contributed by atoms with E-state index >= 15 is 0 Å². The molecular weight excluding hydrogens is 324 g/mol. The van der Waals surface area contributed by atoms with Gasteiger partial charge in [-0.1, -0.05) is 36.4 Å². The molecule has 24 heavy (non-hydrogen) atoms. The van der Waals surface area contributed by atoms with Gasteiger partial charge in [0.2, 0.25) is 0 Å². The van der Waals surface area contributed by atoms with Crippen molar-refractivity contribution in [1.29, 1.82) is 0 Å². The maximum atomic E-state index is 12.3. The molecule has 0 aromatic heterocycles. The minimum atomic E-state index is -1.08. The van der Waals surface area contributed by atoms with Crippen LogP contribution in [0.25, 0.3) is 0 Å². The van der Waals surface area contributed by atoms with Crippen LogP contribution >= 0.6 is 0 Å². The highest BCUT2D eigenvalue weighted by atomic mass is 32.2. The zero-order chi connectivity index (χ0) is 16.9. The first kappa shape index (κ1) is 16.7. The van der Waals surface area contributed by atoms with Gasteiger partial charge in [-0.25, -0.2) is 4.79 Å². The molecule has 0 bridgehead atoms. The van der Waals surface area contributed by atoms with Gasteiger partial charge in [0.25, 0.3) is 0 Å². The number of carbonyl (C=O) groups is 1. The molecule has 2 aromatic carbocycles. The van der Waals surface area contributed by atoms with Crippen LogP contribution in [-0.2, 0) is 15.5 Å². The molecular formula is C18H20N2O3S. The van der Waals surface area contributed by atoms with Crippen molar-refractivity contribution in [3.63, 3.8) is 0 Å². The summed E-state index contributed by atoms with van der Waals surface area (Å²) < 4.78 is 17.3. The highest BCUT2D eigenvalue weighted by molar-refractivity contribution is 7.84. The molecule has 3 atom stereocenters. The number of amides is 2. The van der Waals surface area contributed by atoms with E-state index in [-0.39, 0.29) is 18.2 Å². The summed E-state index contributed by atoms with van der Waals surface area (Å²) in [7, 11) is -1.08. The second kappa shape index (κ2) is 7.59. The summed E-state index contributed by atoms with van der Waals surface area (Å²) in [4.78, 5) is 13.0. The first-order chi connectivity index (χ1) is 11.6. The van der Waals surface area contributed by atoms with Crippen LogP contribution in [0.2, 0.25) is 0 Å². The molecule has 1 aliphatic heterocycles. The minimum Gasteiger partial charge on any atom is -0.371 e. The molecule has 1 aliphatic rings. The molecule has 0 saturated carbocycles. The third kappa shape index (κ3) is 4.01. The third-order valence-electron chi connectivity index (χ3n) is 3.96. The van der Waals surface area contributed by atoms with Gasteiger partial charge in [0.05, 0.1) is 6.04 Å². The lowest BCUT2D eigenvalue weighted by molar-refractivity contribution is 0.100. The van der Waals surface area contributed by atoms with Crippen LogP contribution in [0.5, 0.6) is 0 Å². The van der Waals surface area contributed by atoms with Gasteiger partial charge in [0.15, 0.2) is 0 Å². The lowest BCUT2D eigenvalue weighted by Gasteiger charge is -2.20. The summed E-state index contributed by atoms with van der Waals surface area (Å²) in [6.07, 6.45) is 2.25. The summed E-state index contributed by atoms with van der Waals surface area (Å²) in [5.41, 5.74) is 1.68. The molecule has 1 heterocycles. The van der Waals surface area contributed by atoms with Gasteiger partial charge in [-0.05, 0) is 30.2 Å². The van der Waals surface area contributed by atoms with E-state index in [1.54, 1.807) is 30.5 Å². The summed E-state index contributed by atoms with van der Waals surface area (Å²) >= 11 is 0. The maximum Gasteiger partial charge on any atom is 0.319 e. The summed E-state index contributed by atoms with van der Waals surface area (Å²) in [5, 5.41) is 5.77. The summed E-state index contributed by atoms with van der Waals surface area (Å²) in [6, 6.07) is 16.6. The van der Waals surface area contributed by atoms with E-state index in [1.807, 2.05) is 30.3 Å². The van der Waals surface area contributed by atoms with Crippen molar-refractivity contribution in [2.75, 3.05) is 18.2 Å². The maximum absolute atomic E-state index is 12.3. The van der Waals surface area contributed by atoms with E-state index in [0.717, 1.165) is 12.0 Å². The van der Waals surface area contributed by atoms with Crippen LogP contribution < -0.4 is 10.6 Å². The van der Waals surface area contributed by atoms with Crippen molar-refractivity contribution in [2.24, 2.45) is 0 Å². The number of carbonyl (C=O) groups excluding carboxylic acids is 1. The average Bonchev–Trinajstić information content (AvgIpc) is 3.03. The molecule has 1 fully saturated rings. The van der Waals surface area contributed by atoms with Crippen molar-refractivity contribution in [1.82, 2.24) is 5.32 Å². The SMILES string of the molecule is C[S@](=O)c1cccc(NC(=O)N[C@H]2CCO[C@H]2c2ccccc2)c1. The topological polar surface area (TPSA) is 67.4 Å². The molecule has 2 amide bonds. The highest BCUT2D eigenvalue weighted by Gasteiger charge is 2.30. The summed E-state index contributed by atoms with van der Waals surface area (Å²) in [5.74, 6) is 0. The Kier molecular flexibility index (Phi) is 5.27. The van der Waals surface area contributed by atoms with Crippen LogP contribution in [0.15, 0.2) is 59.5 Å². The normalized spacial score (nSPS) is 21.2. The van der Waals surface area contributed by atoms with E-state index in [0.29, 0.717) is 17.2 Å². The molecule has 6 heteroatoms. The molecule has 0 aliphatic carbocycles. The fourth-order valence-electron chi connectivity index (χ4n) is 2.80. The van der Waals surface area contributed by atoms with Gasteiger partial charge < -0.3 is 15.4 Å². The van der Waals surface area contributed by atoms with Gasteiger partial charge in [0, 0.05) is 34.2 Å². The van der Waals surface area contributed by atoms with Crippen LogP contribution in [-0.4, -0.2) is 29.1 Å². The van der Waals surface area contributed by atoms with Crippen LogP contribution in [0.1, 0.15) is 18.1 Å². The van der Waals surface area contributed by atoms with Gasteiger partial charge >= 0.3 is 6.03 Å². The van der Waals surface area contributed by atoms with Crippen molar-refractivity contribution in [3.8, 4) is 0 Å². The van der Waals surface area contributed by atoms with E-state index in [9.17, 15) is 9.00 Å². The lowest BCUT2D eigenvalue weighted by atomic mass is 10.0. The molecule has 0 radical (unpaired) electrons. The fourth-order valence-corrected chi connectivity index (χ4v) is 3.36. The fraction of sp³-hybridized carbons (Fsp3) is 0.278. The van der Waals surface area contributed by atoms with Gasteiger partial charge in [-0.3, -0.25) is 4.21 Å². The van der Waals surface area contributed by atoms with Crippen molar-refractivity contribution in [2.45, 2.75) is 23.5 Å². The molecule has 5 nitrogen and oxygen atoms in total. The lowest BCUT2D eigenvalue weighted by Crippen LogP contribution is -2.39. The van der Waals surface area contributed by atoms with Crippen LogP contribution in [0.3, 0.4) is 0 Å². The Morgan fingerprint density at radius 2 is 1.96 bits per heavy atom. The van der Waals surface area contributed by atoms with E-state index in [1.165, 1.54) is 0 Å². The quantitative estimate of drug-likeness (QED) is 0.896. The molecule has 0 spiro atoms. The highest BCUT2D eigenvalue weighted by Crippen LogP contribution is 2.29. The Labute approximate surface area is 143 Å². The first-order valence-corrected chi connectivity index (χ1v) is 9.37. The van der Waals surface area contributed by atoms with Crippen molar-refractivity contribution >= 4 is 22.5 Å². The van der Waals surface area contributed by atoms with Crippen LogP contribution in [0, 0.1) is 0 Å². The number of hydrogen-bond donors (Lipinski definition) is 2. The first-order valence-electron chi connectivity index (χ1n) is 7.81. The van der Waals surface area contributed by atoms with E-state index in [4.69, 9.17) is 4.74 Å². The number of urea groups is 1. The second-order valence-electron chi connectivity index (χ2n) is 5.68. The smallest absolute Gasteiger partial charge is 0.319 e. The van der Waals surface area contributed by atoms with Crippen molar-refractivity contribution < 1.29 is 13.7 Å². The number of rotatable bonds is 4. The van der Waals surface area contributed by atoms with Crippen molar-refractivity contribution in [3.05, 3.63) is 60.2 Å². The Morgan fingerprint density at radius 1 is 1.17 bits per heavy atom. The standard InChI is InChI=1S/C18H20N2O3S/c1-24(22)15-9-5-8-14(12-15)19-18(21)20-16-10-11-23-17(16)13-6-3-2-4-7-13/h2-9,12,16-17H,10-11H2,1H3,(H2,19,20,21)/t16-,17-,24-/m0/s1. The molecule has 2 N–H and O–H groups in total. The number of ether oxygens (including phenoxy) is 1. The molecule has 126 valence electrons. The van der Waals surface area contributed by atoms with Gasteiger partial charge in [0.1, 0.15) is 6.10 Å². The zero-order valence-electron chi connectivity index (χ0n) is 13.4. The minimum absolute atomic E-state index is 0.0733. The largest absolute Gasteiger partial charge is 0.371 e. The third-order valence-corrected chi connectivity index (χ3v) is 4.88. The molecule has 1 saturated heterocycles. The number of anilines is 1. The monoisotopic (exact) mass is 344 g/mol. The van der Waals surface area contributed by atoms with E-state index in [2.05, 4.69) is 10.6 Å². The van der Waals surface area contributed by atoms with Gasteiger partial charge in [-0.2, -0.15) is 0 Å². The van der Waals surface area contributed by atoms with Crippen LogP contribution in [0.4, 0.5) is 10.5 Å². The number of benzene rings is 2. The Morgan fingerprint density at radius 3 is 2.71 bits per heavy atom. The van der Waals surface area contributed by atoms with Gasteiger partial charge in [-0.15, -0.1) is 0 Å². The van der Waals surface area contributed by atoms with E-state index < -0.39 is 10.8 Å². The predicted molar refractivity (Wildman–Crippen MR) is 94.5 cm³/mol. The Bertz CT molecular complexity index is 736. The predicted octanol–water partition coefficient (Wildman–Crippen LogP) is 3.08. The Balaban J connectivity index is 1.64. The molecule has 2 aromatic rings. The Hall–Kier alpha value is -2.18. The molecule has 3 rings (SSSR count). The molecule has 0 unspecified atom stereocenters. The number of hydrogen-bond acceptors (Lipinski definition) is 3.